The Bertz CT molecular complexity index is 307. The molecule has 2 heterocycles. The molecule has 0 spiro atoms. The Labute approximate surface area is 70.9 Å². The molecule has 0 radical (unpaired) electrons. The highest BCUT2D eigenvalue weighted by Gasteiger charge is 2.19. The van der Waals surface area contributed by atoms with Crippen LogP contribution in [-0.4, -0.2) is 27.2 Å². The first-order valence-electron chi connectivity index (χ1n) is 3.16. The summed E-state index contributed by atoms with van der Waals surface area (Å²) in [6.07, 6.45) is 0. The molecule has 5 nitrogen and oxygen atoms in total. The number of halogens is 1. The normalized spacial score (nSPS) is 15.9. The molecule has 0 unspecified atom stereocenters. The molecular formula is C5H5BrN4O. The van der Waals surface area contributed by atoms with Crippen molar-refractivity contribution in [2.45, 2.75) is 6.54 Å². The Balaban J connectivity index is 2.52. The van der Waals surface area contributed by atoms with Gasteiger partial charge in [0.1, 0.15) is 0 Å². The molecule has 1 aromatic rings. The molecule has 1 aromatic heterocycles. The summed E-state index contributed by atoms with van der Waals surface area (Å²) < 4.78 is 2.05. The zero-order chi connectivity index (χ0) is 7.84. The van der Waals surface area contributed by atoms with Crippen LogP contribution in [0, 0.1) is 0 Å². The molecule has 0 atom stereocenters. The summed E-state index contributed by atoms with van der Waals surface area (Å²) in [4.78, 5) is 14.9. The van der Waals surface area contributed by atoms with Crippen molar-refractivity contribution in [3.8, 4) is 0 Å². The highest BCUT2D eigenvalue weighted by molar-refractivity contribution is 9.10. The van der Waals surface area contributed by atoms with E-state index in [-0.39, 0.29) is 5.91 Å². The molecule has 6 heteroatoms. The van der Waals surface area contributed by atoms with E-state index in [1.54, 1.807) is 4.68 Å². The van der Waals surface area contributed by atoms with Gasteiger partial charge in [-0.2, -0.15) is 4.98 Å². The molecule has 0 fully saturated rings. The summed E-state index contributed by atoms with van der Waals surface area (Å²) in [6.45, 7) is 1.32. The lowest BCUT2D eigenvalue weighted by atomic mass is 10.4. The van der Waals surface area contributed by atoms with Crippen LogP contribution >= 0.6 is 15.9 Å². The van der Waals surface area contributed by atoms with Gasteiger partial charge in [0, 0.05) is 6.54 Å². The van der Waals surface area contributed by atoms with Crippen LogP contribution < -0.4 is 5.32 Å². The molecule has 1 aliphatic rings. The maximum absolute atomic E-state index is 11.0. The number of hydrogen-bond acceptors (Lipinski definition) is 3. The first-order chi connectivity index (χ1) is 5.27. The van der Waals surface area contributed by atoms with Crippen molar-refractivity contribution in [1.82, 2.24) is 20.1 Å². The number of carbonyl (C=O) groups is 1. The maximum atomic E-state index is 11.0. The lowest BCUT2D eigenvalue weighted by molar-refractivity contribution is 0.0918. The van der Waals surface area contributed by atoms with Gasteiger partial charge in [-0.05, 0) is 15.9 Å². The Morgan fingerprint density at radius 1 is 1.64 bits per heavy atom. The minimum atomic E-state index is -0.158. The lowest BCUT2D eigenvalue weighted by Gasteiger charge is -2.11. The van der Waals surface area contributed by atoms with Crippen LogP contribution in [0.4, 0.5) is 0 Å². The topological polar surface area (TPSA) is 59.8 Å². The van der Waals surface area contributed by atoms with E-state index in [9.17, 15) is 4.79 Å². The number of fused-ring (bicyclic) bond motifs is 1. The summed E-state index contributed by atoms with van der Waals surface area (Å²) in [5.41, 5.74) is 0. The van der Waals surface area contributed by atoms with Gasteiger partial charge < -0.3 is 5.32 Å². The molecule has 0 aromatic carbocycles. The van der Waals surface area contributed by atoms with Gasteiger partial charge in [-0.25, -0.2) is 4.68 Å². The Hall–Kier alpha value is -0.910. The lowest BCUT2D eigenvalue weighted by Crippen LogP contribution is -2.36. The minimum absolute atomic E-state index is 0.158. The van der Waals surface area contributed by atoms with Gasteiger partial charge in [-0.15, -0.1) is 5.10 Å². The van der Waals surface area contributed by atoms with Crippen LogP contribution in [0.3, 0.4) is 0 Å². The average Bonchev–Trinajstić information content (AvgIpc) is 2.31. The standard InChI is InChI=1S/C5H5BrN4O/c6-5-8-3-4(11)7-1-2-10(3)9-5/h1-2H2,(H,7,11). The molecule has 1 N–H and O–H groups in total. The van der Waals surface area contributed by atoms with Crippen molar-refractivity contribution < 1.29 is 4.79 Å². The van der Waals surface area contributed by atoms with Gasteiger partial charge >= 0.3 is 0 Å². The molecule has 1 amide bonds. The van der Waals surface area contributed by atoms with E-state index >= 15 is 0 Å². The first kappa shape index (κ1) is 6.78. The van der Waals surface area contributed by atoms with Crippen LogP contribution in [0.2, 0.25) is 0 Å². The zero-order valence-corrected chi connectivity index (χ0v) is 7.13. The Kier molecular flexibility index (Phi) is 1.42. The molecule has 0 bridgehead atoms. The number of amides is 1. The smallest absolute Gasteiger partial charge is 0.288 e. The molecule has 58 valence electrons. The molecule has 2 rings (SSSR count). The fraction of sp³-hybridized carbons (Fsp3) is 0.400. The fourth-order valence-corrected chi connectivity index (χ4v) is 1.35. The highest BCUT2D eigenvalue weighted by atomic mass is 79.9. The third-order valence-electron chi connectivity index (χ3n) is 1.46. The summed E-state index contributed by atoms with van der Waals surface area (Å²) in [5, 5.41) is 6.63. The van der Waals surface area contributed by atoms with Crippen molar-refractivity contribution >= 4 is 21.8 Å². The number of nitrogens with one attached hydrogen (secondary N) is 1. The van der Waals surface area contributed by atoms with Gasteiger partial charge in [-0.3, -0.25) is 4.79 Å². The Morgan fingerprint density at radius 3 is 3.18 bits per heavy atom. The van der Waals surface area contributed by atoms with Crippen molar-refractivity contribution in [1.29, 1.82) is 0 Å². The van der Waals surface area contributed by atoms with E-state index in [4.69, 9.17) is 0 Å². The zero-order valence-electron chi connectivity index (χ0n) is 5.54. The van der Waals surface area contributed by atoms with E-state index in [1.807, 2.05) is 0 Å². The quantitative estimate of drug-likeness (QED) is 0.653. The third kappa shape index (κ3) is 1.03. The molecular weight excluding hydrogens is 212 g/mol. The monoisotopic (exact) mass is 216 g/mol. The van der Waals surface area contributed by atoms with E-state index in [1.165, 1.54) is 0 Å². The second kappa shape index (κ2) is 2.30. The predicted molar refractivity (Wildman–Crippen MR) is 40.1 cm³/mol. The summed E-state index contributed by atoms with van der Waals surface area (Å²) in [5.74, 6) is 0.220. The van der Waals surface area contributed by atoms with Crippen molar-refractivity contribution in [2.75, 3.05) is 6.54 Å². The molecule has 1 aliphatic heterocycles. The summed E-state index contributed by atoms with van der Waals surface area (Å²) in [6, 6.07) is 0. The van der Waals surface area contributed by atoms with Gasteiger partial charge in [-0.1, -0.05) is 0 Å². The van der Waals surface area contributed by atoms with E-state index < -0.39 is 0 Å². The van der Waals surface area contributed by atoms with Gasteiger partial charge in [0.25, 0.3) is 5.91 Å². The second-order valence-electron chi connectivity index (χ2n) is 2.18. The van der Waals surface area contributed by atoms with Crippen molar-refractivity contribution in [2.24, 2.45) is 0 Å². The number of nitrogens with zero attached hydrogens (tertiary/aromatic N) is 3. The average molecular weight is 217 g/mol. The predicted octanol–water partition coefficient (Wildman–Crippen LogP) is -0.216. The van der Waals surface area contributed by atoms with Crippen LogP contribution in [0.15, 0.2) is 4.73 Å². The van der Waals surface area contributed by atoms with E-state index in [0.717, 1.165) is 0 Å². The first-order valence-corrected chi connectivity index (χ1v) is 3.95. The van der Waals surface area contributed by atoms with Crippen LogP contribution in [-0.2, 0) is 6.54 Å². The van der Waals surface area contributed by atoms with Gasteiger partial charge in [0.15, 0.2) is 0 Å². The number of rotatable bonds is 0. The maximum Gasteiger partial charge on any atom is 0.288 e. The minimum Gasteiger partial charge on any atom is -0.347 e. The summed E-state index contributed by atoms with van der Waals surface area (Å²) >= 11 is 3.10. The molecule has 0 saturated heterocycles. The number of hydrogen-bond donors (Lipinski definition) is 1. The molecule has 0 saturated carbocycles. The molecule has 11 heavy (non-hydrogen) atoms. The second-order valence-corrected chi connectivity index (χ2v) is 2.89. The van der Waals surface area contributed by atoms with Crippen LogP contribution in [0.5, 0.6) is 0 Å². The van der Waals surface area contributed by atoms with Gasteiger partial charge in [0.2, 0.25) is 10.6 Å². The number of carbonyl (C=O) groups excluding carboxylic acids is 1. The third-order valence-corrected chi connectivity index (χ3v) is 1.79. The van der Waals surface area contributed by atoms with Crippen molar-refractivity contribution in [3.05, 3.63) is 10.6 Å². The van der Waals surface area contributed by atoms with E-state index in [0.29, 0.717) is 23.6 Å². The largest absolute Gasteiger partial charge is 0.347 e. The van der Waals surface area contributed by atoms with Gasteiger partial charge in [0.05, 0.1) is 6.54 Å². The number of aromatic nitrogens is 3. The van der Waals surface area contributed by atoms with Crippen LogP contribution in [0.25, 0.3) is 0 Å². The fourth-order valence-electron chi connectivity index (χ4n) is 0.993. The summed E-state index contributed by atoms with van der Waals surface area (Å²) in [7, 11) is 0. The van der Waals surface area contributed by atoms with Crippen LogP contribution in [0.1, 0.15) is 10.6 Å². The molecule has 0 aliphatic carbocycles. The SMILES string of the molecule is O=C1NCCn2nc(Br)nc21. The van der Waals surface area contributed by atoms with E-state index in [2.05, 4.69) is 31.3 Å². The highest BCUT2D eigenvalue weighted by Crippen LogP contribution is 2.06. The van der Waals surface area contributed by atoms with Crippen molar-refractivity contribution in [3.63, 3.8) is 0 Å². The Morgan fingerprint density at radius 2 is 2.45 bits per heavy atom.